The highest BCUT2D eigenvalue weighted by Gasteiger charge is 2.41. The third-order valence-electron chi connectivity index (χ3n) is 6.38. The number of nitrogens with one attached hydrogen (secondary N) is 1. The standard InChI is InChI=1S/C21H19ClN8S/c1-9-25-14-5-4-13(17(22)19(14)31-9)18-16-15(8-23)26-21(27-20(16)29-28-18)30-11-2-3-12(30)7-10(24)6-11/h4-5,10-12H,2-3,6-7,24H2,1H3,(H,26,27,28,29)/t10?,11-,12+. The van der Waals surface area contributed by atoms with Gasteiger partial charge in [0.25, 0.3) is 0 Å². The predicted octanol–water partition coefficient (Wildman–Crippen LogP) is 3.92. The lowest BCUT2D eigenvalue weighted by Gasteiger charge is -2.37. The summed E-state index contributed by atoms with van der Waals surface area (Å²) >= 11 is 8.28. The van der Waals surface area contributed by atoms with Crippen molar-refractivity contribution in [2.75, 3.05) is 4.90 Å². The van der Waals surface area contributed by atoms with E-state index in [1.165, 1.54) is 0 Å². The number of fused-ring (bicyclic) bond motifs is 4. The fourth-order valence-electron chi connectivity index (χ4n) is 5.11. The van der Waals surface area contributed by atoms with Gasteiger partial charge in [-0.1, -0.05) is 11.6 Å². The van der Waals surface area contributed by atoms with Crippen LogP contribution in [0.2, 0.25) is 5.02 Å². The molecule has 156 valence electrons. The first kappa shape index (κ1) is 18.9. The molecule has 31 heavy (non-hydrogen) atoms. The summed E-state index contributed by atoms with van der Waals surface area (Å²) < 4.78 is 0.914. The van der Waals surface area contributed by atoms with E-state index in [9.17, 15) is 5.26 Å². The molecule has 1 aromatic carbocycles. The number of rotatable bonds is 2. The normalized spacial score (nSPS) is 23.0. The Kier molecular flexibility index (Phi) is 4.18. The number of hydrogen-bond donors (Lipinski definition) is 2. The quantitative estimate of drug-likeness (QED) is 0.474. The smallest absolute Gasteiger partial charge is 0.229 e. The molecule has 0 saturated carbocycles. The number of H-pyrrole nitrogens is 1. The number of piperidine rings is 1. The van der Waals surface area contributed by atoms with E-state index in [4.69, 9.17) is 22.3 Å². The summed E-state index contributed by atoms with van der Waals surface area (Å²) in [7, 11) is 0. The molecule has 3 aromatic heterocycles. The van der Waals surface area contributed by atoms with Gasteiger partial charge < -0.3 is 10.6 Å². The number of aromatic nitrogens is 5. The van der Waals surface area contributed by atoms with E-state index < -0.39 is 0 Å². The number of anilines is 1. The zero-order valence-electron chi connectivity index (χ0n) is 16.8. The van der Waals surface area contributed by atoms with Gasteiger partial charge in [0.15, 0.2) is 11.3 Å². The third-order valence-corrected chi connectivity index (χ3v) is 7.89. The van der Waals surface area contributed by atoms with Gasteiger partial charge in [-0.3, -0.25) is 5.10 Å². The number of aromatic amines is 1. The summed E-state index contributed by atoms with van der Waals surface area (Å²) in [6.07, 6.45) is 4.01. The van der Waals surface area contributed by atoms with Crippen LogP contribution in [0.4, 0.5) is 5.95 Å². The lowest BCUT2D eigenvalue weighted by atomic mass is 9.99. The molecular weight excluding hydrogens is 432 g/mol. The van der Waals surface area contributed by atoms with E-state index >= 15 is 0 Å². The largest absolute Gasteiger partial charge is 0.335 e. The van der Waals surface area contributed by atoms with Gasteiger partial charge in [-0.05, 0) is 44.7 Å². The van der Waals surface area contributed by atoms with Crippen molar-refractivity contribution in [1.29, 1.82) is 5.26 Å². The Hall–Kier alpha value is -2.80. The number of aryl methyl sites for hydroxylation is 1. The number of hydrogen-bond acceptors (Lipinski definition) is 8. The Labute approximate surface area is 187 Å². The Bertz CT molecular complexity index is 1370. The molecule has 2 saturated heterocycles. The molecule has 0 aliphatic carbocycles. The Morgan fingerprint density at radius 3 is 2.74 bits per heavy atom. The van der Waals surface area contributed by atoms with Crippen LogP contribution in [0.25, 0.3) is 32.5 Å². The van der Waals surface area contributed by atoms with E-state index in [2.05, 4.69) is 31.1 Å². The average Bonchev–Trinajstić information content (AvgIpc) is 3.41. The minimum absolute atomic E-state index is 0.220. The topological polar surface area (TPSA) is 120 Å². The van der Waals surface area contributed by atoms with E-state index in [0.717, 1.165) is 46.5 Å². The zero-order valence-corrected chi connectivity index (χ0v) is 18.3. The monoisotopic (exact) mass is 450 g/mol. The maximum atomic E-state index is 9.92. The SMILES string of the molecule is Cc1nc2ccc(-c3[nH]nc4nc(N5[C@@H]6CC[C@H]5CC(N)C6)nc(C#N)c34)c(Cl)c2s1. The molecule has 4 aromatic rings. The fraction of sp³-hybridized carbons (Fsp3) is 0.381. The minimum atomic E-state index is 0.220. The van der Waals surface area contributed by atoms with E-state index in [1.807, 2.05) is 19.1 Å². The van der Waals surface area contributed by atoms with Crippen molar-refractivity contribution >= 4 is 50.1 Å². The molecule has 2 aliphatic rings. The van der Waals surface area contributed by atoms with Gasteiger partial charge in [0.1, 0.15) is 6.07 Å². The molecule has 3 N–H and O–H groups in total. The first-order valence-electron chi connectivity index (χ1n) is 10.3. The molecule has 0 spiro atoms. The molecule has 0 radical (unpaired) electrons. The van der Waals surface area contributed by atoms with Crippen LogP contribution in [0.1, 0.15) is 36.4 Å². The first-order chi connectivity index (χ1) is 15.0. The Balaban J connectivity index is 1.50. The lowest BCUT2D eigenvalue weighted by molar-refractivity contribution is 0.409. The van der Waals surface area contributed by atoms with Gasteiger partial charge in [0, 0.05) is 23.7 Å². The summed E-state index contributed by atoms with van der Waals surface area (Å²) in [5.41, 5.74) is 9.26. The predicted molar refractivity (Wildman–Crippen MR) is 121 cm³/mol. The molecule has 2 aliphatic heterocycles. The molecule has 0 amide bonds. The molecular formula is C21H19ClN8S. The number of benzene rings is 1. The van der Waals surface area contributed by atoms with Gasteiger partial charge in [-0.2, -0.15) is 15.3 Å². The van der Waals surface area contributed by atoms with Crippen molar-refractivity contribution in [2.45, 2.75) is 50.7 Å². The number of nitriles is 1. The highest BCUT2D eigenvalue weighted by atomic mass is 35.5. The molecule has 2 fully saturated rings. The second kappa shape index (κ2) is 6.85. The lowest BCUT2D eigenvalue weighted by Crippen LogP contribution is -2.48. The van der Waals surface area contributed by atoms with Gasteiger partial charge in [0.05, 0.1) is 31.3 Å². The van der Waals surface area contributed by atoms with Crippen molar-refractivity contribution < 1.29 is 0 Å². The maximum Gasteiger partial charge on any atom is 0.229 e. The second-order valence-corrected chi connectivity index (χ2v) is 9.89. The molecule has 5 heterocycles. The van der Waals surface area contributed by atoms with Crippen molar-refractivity contribution in [2.24, 2.45) is 5.73 Å². The van der Waals surface area contributed by atoms with Crippen molar-refractivity contribution in [3.63, 3.8) is 0 Å². The molecule has 3 atom stereocenters. The number of thiazole rings is 1. The van der Waals surface area contributed by atoms with E-state index in [1.54, 1.807) is 11.3 Å². The van der Waals surface area contributed by atoms with Crippen LogP contribution in [0.15, 0.2) is 12.1 Å². The first-order valence-corrected chi connectivity index (χ1v) is 11.5. The van der Waals surface area contributed by atoms with E-state index in [0.29, 0.717) is 45.5 Å². The molecule has 10 heteroatoms. The van der Waals surface area contributed by atoms with Crippen LogP contribution in [0.5, 0.6) is 0 Å². The van der Waals surface area contributed by atoms with Crippen LogP contribution >= 0.6 is 22.9 Å². The molecule has 2 bridgehead atoms. The average molecular weight is 451 g/mol. The van der Waals surface area contributed by atoms with Gasteiger partial charge in [-0.15, -0.1) is 11.3 Å². The van der Waals surface area contributed by atoms with Gasteiger partial charge in [0.2, 0.25) is 5.95 Å². The molecule has 8 nitrogen and oxygen atoms in total. The van der Waals surface area contributed by atoms with Crippen molar-refractivity contribution in [3.05, 3.63) is 27.9 Å². The summed E-state index contributed by atoms with van der Waals surface area (Å²) in [4.78, 5) is 16.2. The molecule has 1 unspecified atom stereocenters. The summed E-state index contributed by atoms with van der Waals surface area (Å²) in [6, 6.07) is 6.95. The van der Waals surface area contributed by atoms with Crippen LogP contribution < -0.4 is 10.6 Å². The van der Waals surface area contributed by atoms with Crippen LogP contribution in [-0.4, -0.2) is 43.3 Å². The summed E-state index contributed by atoms with van der Waals surface area (Å²) in [5.74, 6) is 0.570. The minimum Gasteiger partial charge on any atom is -0.335 e. The van der Waals surface area contributed by atoms with Crippen LogP contribution in [-0.2, 0) is 0 Å². The summed E-state index contributed by atoms with van der Waals surface area (Å²) in [5, 5.41) is 19.5. The van der Waals surface area contributed by atoms with Crippen LogP contribution in [0.3, 0.4) is 0 Å². The maximum absolute atomic E-state index is 9.92. The van der Waals surface area contributed by atoms with Crippen molar-refractivity contribution in [3.8, 4) is 17.3 Å². The van der Waals surface area contributed by atoms with E-state index in [-0.39, 0.29) is 6.04 Å². The molecule has 6 rings (SSSR count). The Morgan fingerprint density at radius 1 is 1.23 bits per heavy atom. The van der Waals surface area contributed by atoms with Gasteiger partial charge in [-0.25, -0.2) is 9.97 Å². The fourth-order valence-corrected chi connectivity index (χ4v) is 6.34. The van der Waals surface area contributed by atoms with Gasteiger partial charge >= 0.3 is 0 Å². The summed E-state index contributed by atoms with van der Waals surface area (Å²) in [6.45, 7) is 1.95. The highest BCUT2D eigenvalue weighted by Crippen LogP contribution is 2.41. The number of nitrogens with zero attached hydrogens (tertiary/aromatic N) is 6. The zero-order chi connectivity index (χ0) is 21.3. The highest BCUT2D eigenvalue weighted by molar-refractivity contribution is 7.19. The number of nitrogens with two attached hydrogens (primary N) is 1. The second-order valence-electron chi connectivity index (χ2n) is 8.31. The van der Waals surface area contributed by atoms with Crippen LogP contribution in [0, 0.1) is 18.3 Å². The Morgan fingerprint density at radius 2 is 2.00 bits per heavy atom. The number of halogens is 1. The van der Waals surface area contributed by atoms with Crippen molar-refractivity contribution in [1.82, 2.24) is 25.1 Å². The third kappa shape index (κ3) is 2.82.